The zero-order valence-corrected chi connectivity index (χ0v) is 7.82. The van der Waals surface area contributed by atoms with Crippen LogP contribution >= 0.6 is 0 Å². The van der Waals surface area contributed by atoms with Crippen molar-refractivity contribution in [2.45, 2.75) is 6.92 Å². The van der Waals surface area contributed by atoms with Crippen molar-refractivity contribution in [3.05, 3.63) is 41.7 Å². The first-order valence-corrected chi connectivity index (χ1v) is 4.33. The summed E-state index contributed by atoms with van der Waals surface area (Å²) in [4.78, 5) is 15.1. The highest BCUT2D eigenvalue weighted by Gasteiger charge is 2.01. The van der Waals surface area contributed by atoms with Gasteiger partial charge in [-0.3, -0.25) is 9.78 Å². The normalized spacial score (nSPS) is 10.4. The van der Waals surface area contributed by atoms with E-state index in [9.17, 15) is 4.79 Å². The van der Waals surface area contributed by atoms with Gasteiger partial charge in [-0.1, -0.05) is 6.07 Å². The van der Waals surface area contributed by atoms with Crippen LogP contribution in [0.15, 0.2) is 30.5 Å². The summed E-state index contributed by atoms with van der Waals surface area (Å²) in [5.41, 5.74) is 6.65. The molecule has 1 aromatic carbocycles. The number of carbonyl (C=O) groups is 1. The molecule has 0 fully saturated rings. The molecule has 2 N–H and O–H groups in total. The highest BCUT2D eigenvalue weighted by molar-refractivity contribution is 5.97. The number of benzene rings is 1. The van der Waals surface area contributed by atoms with E-state index < -0.39 is 5.91 Å². The molecule has 1 aromatic heterocycles. The van der Waals surface area contributed by atoms with Crippen molar-refractivity contribution in [2.24, 2.45) is 5.73 Å². The lowest BCUT2D eigenvalue weighted by Crippen LogP contribution is -2.10. The van der Waals surface area contributed by atoms with Crippen molar-refractivity contribution in [3.8, 4) is 0 Å². The smallest absolute Gasteiger partial charge is 0.248 e. The van der Waals surface area contributed by atoms with Crippen molar-refractivity contribution in [1.82, 2.24) is 4.98 Å². The monoisotopic (exact) mass is 186 g/mol. The summed E-state index contributed by atoms with van der Waals surface area (Å²) < 4.78 is 0. The Balaban J connectivity index is 2.69. The fourth-order valence-electron chi connectivity index (χ4n) is 1.40. The Morgan fingerprint density at radius 1 is 1.29 bits per heavy atom. The van der Waals surface area contributed by atoms with Gasteiger partial charge in [-0.2, -0.15) is 0 Å². The van der Waals surface area contributed by atoms with E-state index in [0.29, 0.717) is 5.56 Å². The first-order valence-electron chi connectivity index (χ1n) is 4.33. The van der Waals surface area contributed by atoms with Gasteiger partial charge in [-0.15, -0.1) is 0 Å². The molecule has 14 heavy (non-hydrogen) atoms. The van der Waals surface area contributed by atoms with Gasteiger partial charge >= 0.3 is 0 Å². The van der Waals surface area contributed by atoms with Crippen molar-refractivity contribution in [2.75, 3.05) is 0 Å². The summed E-state index contributed by atoms with van der Waals surface area (Å²) in [7, 11) is 0. The van der Waals surface area contributed by atoms with E-state index in [4.69, 9.17) is 5.73 Å². The average molecular weight is 186 g/mol. The molecule has 0 spiro atoms. The molecule has 0 aliphatic heterocycles. The Hall–Kier alpha value is -1.90. The number of hydrogen-bond donors (Lipinski definition) is 1. The molecular formula is C11H10N2O. The van der Waals surface area contributed by atoms with Crippen LogP contribution in [0.4, 0.5) is 0 Å². The summed E-state index contributed by atoms with van der Waals surface area (Å²) in [5.74, 6) is -0.402. The molecule has 0 radical (unpaired) electrons. The third-order valence-corrected chi connectivity index (χ3v) is 2.14. The lowest BCUT2D eigenvalue weighted by atomic mass is 10.1. The maximum atomic E-state index is 10.9. The molecule has 1 heterocycles. The van der Waals surface area contributed by atoms with Crippen LogP contribution in [-0.2, 0) is 0 Å². The Labute approximate surface area is 81.6 Å². The molecular weight excluding hydrogens is 176 g/mol. The quantitative estimate of drug-likeness (QED) is 0.736. The number of amides is 1. The molecule has 2 aromatic rings. The van der Waals surface area contributed by atoms with E-state index in [1.165, 1.54) is 0 Å². The number of nitrogens with two attached hydrogens (primary N) is 1. The van der Waals surface area contributed by atoms with E-state index in [0.717, 1.165) is 16.5 Å². The van der Waals surface area contributed by atoms with Gasteiger partial charge in [0.25, 0.3) is 0 Å². The molecule has 0 aliphatic rings. The third kappa shape index (κ3) is 1.44. The van der Waals surface area contributed by atoms with Crippen molar-refractivity contribution in [1.29, 1.82) is 0 Å². The number of aromatic nitrogens is 1. The van der Waals surface area contributed by atoms with Crippen molar-refractivity contribution >= 4 is 16.7 Å². The fraction of sp³-hybridized carbons (Fsp3) is 0.0909. The third-order valence-electron chi connectivity index (χ3n) is 2.14. The molecule has 0 aliphatic carbocycles. The summed E-state index contributed by atoms with van der Waals surface area (Å²) in [5, 5.41) is 2.01. The van der Waals surface area contributed by atoms with Gasteiger partial charge in [0.1, 0.15) is 0 Å². The predicted molar refractivity (Wildman–Crippen MR) is 55.0 cm³/mol. The van der Waals surface area contributed by atoms with Gasteiger partial charge in [0.2, 0.25) is 5.91 Å². The molecule has 0 unspecified atom stereocenters. The van der Waals surface area contributed by atoms with Crippen molar-refractivity contribution in [3.63, 3.8) is 0 Å². The lowest BCUT2D eigenvalue weighted by Gasteiger charge is -2.00. The van der Waals surface area contributed by atoms with Gasteiger partial charge in [-0.05, 0) is 30.5 Å². The topological polar surface area (TPSA) is 56.0 Å². The highest BCUT2D eigenvalue weighted by Crippen LogP contribution is 2.15. The zero-order chi connectivity index (χ0) is 10.1. The molecule has 0 atom stereocenters. The van der Waals surface area contributed by atoms with E-state index in [1.54, 1.807) is 18.3 Å². The largest absolute Gasteiger partial charge is 0.366 e. The number of pyridine rings is 1. The second-order valence-corrected chi connectivity index (χ2v) is 3.25. The molecule has 1 amide bonds. The first-order chi connectivity index (χ1) is 6.66. The van der Waals surface area contributed by atoms with E-state index >= 15 is 0 Å². The van der Waals surface area contributed by atoms with Gasteiger partial charge in [-0.25, -0.2) is 0 Å². The summed E-state index contributed by atoms with van der Waals surface area (Å²) in [6, 6.07) is 7.28. The van der Waals surface area contributed by atoms with Crippen LogP contribution in [0.3, 0.4) is 0 Å². The molecule has 70 valence electrons. The van der Waals surface area contributed by atoms with Gasteiger partial charge in [0, 0.05) is 22.8 Å². The van der Waals surface area contributed by atoms with Crippen LogP contribution in [-0.4, -0.2) is 10.9 Å². The van der Waals surface area contributed by atoms with Crippen LogP contribution in [0.2, 0.25) is 0 Å². The predicted octanol–water partition coefficient (Wildman–Crippen LogP) is 1.64. The molecule has 0 saturated carbocycles. The number of nitrogens with zero attached hydrogens (tertiary/aromatic N) is 1. The Morgan fingerprint density at radius 2 is 2.07 bits per heavy atom. The number of rotatable bonds is 1. The molecule has 2 rings (SSSR count). The highest BCUT2D eigenvalue weighted by atomic mass is 16.1. The molecule has 3 nitrogen and oxygen atoms in total. The van der Waals surface area contributed by atoms with Crippen LogP contribution in [0.1, 0.15) is 16.1 Å². The van der Waals surface area contributed by atoms with E-state index in [-0.39, 0.29) is 0 Å². The number of hydrogen-bond acceptors (Lipinski definition) is 2. The van der Waals surface area contributed by atoms with Gasteiger partial charge < -0.3 is 5.73 Å². The summed E-state index contributed by atoms with van der Waals surface area (Å²) in [6.45, 7) is 1.91. The Kier molecular flexibility index (Phi) is 1.93. The summed E-state index contributed by atoms with van der Waals surface area (Å²) >= 11 is 0. The zero-order valence-electron chi connectivity index (χ0n) is 7.82. The van der Waals surface area contributed by atoms with E-state index in [2.05, 4.69) is 4.98 Å². The lowest BCUT2D eigenvalue weighted by molar-refractivity contribution is 0.100. The molecule has 3 heteroatoms. The minimum Gasteiger partial charge on any atom is -0.366 e. The number of fused-ring (bicyclic) bond motifs is 1. The maximum Gasteiger partial charge on any atom is 0.248 e. The second-order valence-electron chi connectivity index (χ2n) is 3.25. The Morgan fingerprint density at radius 3 is 2.79 bits per heavy atom. The SMILES string of the molecule is Cc1cc2cc(C(N)=O)ccc2cn1. The van der Waals surface area contributed by atoms with Gasteiger partial charge in [0.05, 0.1) is 0 Å². The Bertz CT molecular complexity index is 506. The molecule has 0 saturated heterocycles. The maximum absolute atomic E-state index is 10.9. The van der Waals surface area contributed by atoms with Crippen LogP contribution in [0, 0.1) is 6.92 Å². The number of aryl methyl sites for hydroxylation is 1. The first kappa shape index (κ1) is 8.69. The number of carbonyl (C=O) groups excluding carboxylic acids is 1. The summed E-state index contributed by atoms with van der Waals surface area (Å²) in [6.07, 6.45) is 1.79. The van der Waals surface area contributed by atoms with E-state index in [1.807, 2.05) is 19.1 Å². The minimum atomic E-state index is -0.402. The standard InChI is InChI=1S/C11H10N2O/c1-7-4-10-5-8(11(12)14)2-3-9(10)6-13-7/h2-6H,1H3,(H2,12,14). The average Bonchev–Trinajstić information content (AvgIpc) is 2.16. The van der Waals surface area contributed by atoms with Crippen molar-refractivity contribution < 1.29 is 4.79 Å². The number of primary amides is 1. The van der Waals surface area contributed by atoms with Crippen LogP contribution in [0.5, 0.6) is 0 Å². The minimum absolute atomic E-state index is 0.402. The fourth-order valence-corrected chi connectivity index (χ4v) is 1.40. The second kappa shape index (κ2) is 3.10. The van der Waals surface area contributed by atoms with Crippen LogP contribution in [0.25, 0.3) is 10.8 Å². The molecule has 0 bridgehead atoms. The van der Waals surface area contributed by atoms with Gasteiger partial charge in [0.15, 0.2) is 0 Å². The van der Waals surface area contributed by atoms with Crippen LogP contribution < -0.4 is 5.73 Å².